The van der Waals surface area contributed by atoms with Crippen LogP contribution in [0, 0.1) is 0 Å². The molecule has 0 atom stereocenters. The smallest absolute Gasteiger partial charge is 0.272 e. The highest BCUT2D eigenvalue weighted by Crippen LogP contribution is 2.37. The number of aromatic nitrogens is 5. The van der Waals surface area contributed by atoms with Gasteiger partial charge in [0.05, 0.1) is 24.2 Å². The molecule has 1 aliphatic rings. The molecule has 194 valence electrons. The molecule has 10 nitrogen and oxygen atoms in total. The number of nitrogens with zero attached hydrogens (tertiary/aromatic N) is 6. The van der Waals surface area contributed by atoms with E-state index in [0.29, 0.717) is 28.6 Å². The van der Waals surface area contributed by atoms with E-state index in [1.54, 1.807) is 7.11 Å². The summed E-state index contributed by atoms with van der Waals surface area (Å²) in [5.41, 5.74) is 10.7. The number of ether oxygens (including phenoxy) is 1. The lowest BCUT2D eigenvalue weighted by atomic mass is 10.1. The van der Waals surface area contributed by atoms with Gasteiger partial charge in [0.25, 0.3) is 5.91 Å². The van der Waals surface area contributed by atoms with Gasteiger partial charge in [-0.2, -0.15) is 5.10 Å². The van der Waals surface area contributed by atoms with Crippen LogP contribution < -0.4 is 15.8 Å². The third-order valence-electron chi connectivity index (χ3n) is 7.46. The van der Waals surface area contributed by atoms with Gasteiger partial charge in [-0.1, -0.05) is 24.3 Å². The van der Waals surface area contributed by atoms with Crippen LogP contribution in [0.1, 0.15) is 29.4 Å². The Balaban J connectivity index is 1.36. The number of hydrogen-bond acceptors (Lipinski definition) is 7. The van der Waals surface area contributed by atoms with Gasteiger partial charge in [-0.05, 0) is 57.2 Å². The maximum atomic E-state index is 13.2. The second-order valence-electron chi connectivity index (χ2n) is 9.80. The summed E-state index contributed by atoms with van der Waals surface area (Å²) in [7, 11) is 5.60. The number of para-hydroxylation sites is 1. The number of nitrogens with two attached hydrogens (primary N) is 1. The highest BCUT2D eigenvalue weighted by Gasteiger charge is 2.25. The molecule has 0 aliphatic carbocycles. The number of rotatable bonds is 5. The van der Waals surface area contributed by atoms with Crippen LogP contribution in [-0.4, -0.2) is 62.4 Å². The average Bonchev–Trinajstić information content (AvgIpc) is 3.49. The molecule has 38 heavy (non-hydrogen) atoms. The number of amides is 1. The second-order valence-corrected chi connectivity index (χ2v) is 9.80. The lowest BCUT2D eigenvalue weighted by Crippen LogP contribution is -2.31. The molecule has 0 unspecified atom stereocenters. The molecule has 1 saturated heterocycles. The number of methoxy groups -OCH3 is 1. The largest absolute Gasteiger partial charge is 0.495 e. The van der Waals surface area contributed by atoms with Gasteiger partial charge in [0, 0.05) is 23.5 Å². The first kappa shape index (κ1) is 23.9. The third-order valence-corrected chi connectivity index (χ3v) is 7.46. The van der Waals surface area contributed by atoms with Crippen molar-refractivity contribution in [1.82, 2.24) is 29.2 Å². The molecule has 2 aromatic carbocycles. The van der Waals surface area contributed by atoms with Gasteiger partial charge in [0.15, 0.2) is 5.65 Å². The molecule has 0 saturated carbocycles. The quantitative estimate of drug-likeness (QED) is 0.366. The summed E-state index contributed by atoms with van der Waals surface area (Å²) in [6.07, 6.45) is 3.46. The number of carbonyl (C=O) groups excluding carboxylic acids is 1. The molecule has 0 radical (unpaired) electrons. The zero-order valence-corrected chi connectivity index (χ0v) is 21.7. The van der Waals surface area contributed by atoms with E-state index in [1.165, 1.54) is 6.33 Å². The molecule has 1 fully saturated rings. The summed E-state index contributed by atoms with van der Waals surface area (Å²) in [6, 6.07) is 15.6. The molecule has 0 spiro atoms. The molecule has 6 rings (SSSR count). The fraction of sp³-hybridized carbons (Fsp3) is 0.286. The van der Waals surface area contributed by atoms with Crippen LogP contribution in [0.3, 0.4) is 0 Å². The van der Waals surface area contributed by atoms with Gasteiger partial charge in [0.2, 0.25) is 0 Å². The van der Waals surface area contributed by atoms with Gasteiger partial charge in [-0.15, -0.1) is 0 Å². The molecular formula is C28H30N8O2. The van der Waals surface area contributed by atoms with Crippen LogP contribution >= 0.6 is 0 Å². The Morgan fingerprint density at radius 1 is 1.08 bits per heavy atom. The summed E-state index contributed by atoms with van der Waals surface area (Å²) in [6.45, 7) is 2.00. The van der Waals surface area contributed by atoms with Crippen LogP contribution in [0.25, 0.3) is 33.2 Å². The Bertz CT molecular complexity index is 1660. The Hall–Kier alpha value is -4.44. The third kappa shape index (κ3) is 4.03. The maximum absolute atomic E-state index is 13.2. The van der Waals surface area contributed by atoms with Crippen molar-refractivity contribution in [2.75, 3.05) is 38.3 Å². The molecule has 3 aromatic heterocycles. The van der Waals surface area contributed by atoms with Gasteiger partial charge >= 0.3 is 0 Å². The molecule has 1 amide bonds. The number of anilines is 2. The summed E-state index contributed by atoms with van der Waals surface area (Å²) < 4.78 is 9.57. The normalized spacial score (nSPS) is 14.8. The number of carbonyl (C=O) groups is 1. The first-order valence-electron chi connectivity index (χ1n) is 12.7. The van der Waals surface area contributed by atoms with Crippen molar-refractivity contribution in [1.29, 1.82) is 0 Å². The van der Waals surface area contributed by atoms with Crippen molar-refractivity contribution >= 4 is 39.3 Å². The first-order chi connectivity index (χ1) is 18.4. The minimum Gasteiger partial charge on any atom is -0.495 e. The number of likely N-dealkylation sites (tertiary alicyclic amines) is 1. The number of piperidine rings is 1. The molecule has 4 heterocycles. The molecule has 5 aromatic rings. The maximum Gasteiger partial charge on any atom is 0.272 e. The summed E-state index contributed by atoms with van der Waals surface area (Å²) >= 11 is 0. The number of benzene rings is 2. The zero-order valence-electron chi connectivity index (χ0n) is 21.7. The number of nitrogen functional groups attached to an aromatic ring is 1. The summed E-state index contributed by atoms with van der Waals surface area (Å²) in [4.78, 5) is 24.3. The average molecular weight is 511 g/mol. The van der Waals surface area contributed by atoms with Crippen molar-refractivity contribution in [2.24, 2.45) is 7.05 Å². The summed E-state index contributed by atoms with van der Waals surface area (Å²) in [5, 5.41) is 9.72. The highest BCUT2D eigenvalue weighted by atomic mass is 16.5. The fourth-order valence-corrected chi connectivity index (χ4v) is 5.33. The number of hydrogen-bond donors (Lipinski definition) is 2. The minimum atomic E-state index is -0.218. The van der Waals surface area contributed by atoms with Crippen molar-refractivity contribution in [3.8, 4) is 17.0 Å². The lowest BCUT2D eigenvalue weighted by molar-refractivity contribution is 0.101. The topological polar surface area (TPSA) is 116 Å². The van der Waals surface area contributed by atoms with Crippen LogP contribution in [-0.2, 0) is 7.05 Å². The Kier molecular flexibility index (Phi) is 5.96. The zero-order chi connectivity index (χ0) is 26.4. The van der Waals surface area contributed by atoms with Crippen LogP contribution in [0.5, 0.6) is 5.75 Å². The molecule has 1 aliphatic heterocycles. The van der Waals surface area contributed by atoms with E-state index in [-0.39, 0.29) is 11.9 Å². The predicted octanol–water partition coefficient (Wildman–Crippen LogP) is 4.09. The van der Waals surface area contributed by atoms with E-state index < -0.39 is 0 Å². The first-order valence-corrected chi connectivity index (χ1v) is 12.7. The monoisotopic (exact) mass is 510 g/mol. The fourth-order valence-electron chi connectivity index (χ4n) is 5.33. The van der Waals surface area contributed by atoms with Gasteiger partial charge in [0.1, 0.15) is 29.3 Å². The van der Waals surface area contributed by atoms with E-state index in [0.717, 1.165) is 53.4 Å². The minimum absolute atomic E-state index is 0.218. The van der Waals surface area contributed by atoms with Gasteiger partial charge in [-0.3, -0.25) is 4.79 Å². The SMILES string of the molecule is COc1cc(-c2nn(C3CCN(C)CC3)c3ncnc(N)c23)ccc1NC(=O)c1cc2ccccc2n1C. The number of fused-ring (bicyclic) bond motifs is 2. The van der Waals surface area contributed by atoms with Crippen molar-refractivity contribution in [2.45, 2.75) is 18.9 Å². The van der Waals surface area contributed by atoms with E-state index >= 15 is 0 Å². The summed E-state index contributed by atoms with van der Waals surface area (Å²) in [5.74, 6) is 0.688. The molecule has 10 heteroatoms. The van der Waals surface area contributed by atoms with Gasteiger partial charge in [-0.25, -0.2) is 14.6 Å². The van der Waals surface area contributed by atoms with Crippen molar-refractivity contribution in [3.05, 3.63) is 60.6 Å². The highest BCUT2D eigenvalue weighted by molar-refractivity contribution is 6.07. The second kappa shape index (κ2) is 9.46. The lowest BCUT2D eigenvalue weighted by Gasteiger charge is -2.29. The predicted molar refractivity (Wildman–Crippen MR) is 148 cm³/mol. The van der Waals surface area contributed by atoms with Crippen LogP contribution in [0.2, 0.25) is 0 Å². The standard InChI is InChI=1S/C28H30N8O2/c1-34-12-10-19(11-13-34)36-27-24(26(29)30-16-31-27)25(33-36)18-8-9-20(23(15-18)38-3)32-28(37)22-14-17-6-4-5-7-21(17)35(22)2/h4-9,14-16,19H,10-13H2,1-3H3,(H,32,37)(H2,29,30,31). The Morgan fingerprint density at radius 3 is 2.63 bits per heavy atom. The number of aryl methyl sites for hydroxylation is 1. The molecule has 0 bridgehead atoms. The van der Waals surface area contributed by atoms with Crippen LogP contribution in [0.4, 0.5) is 11.5 Å². The number of nitrogens with one attached hydrogen (secondary N) is 1. The Morgan fingerprint density at radius 2 is 1.87 bits per heavy atom. The molecular weight excluding hydrogens is 480 g/mol. The van der Waals surface area contributed by atoms with E-state index in [4.69, 9.17) is 15.6 Å². The molecule has 3 N–H and O–H groups in total. The van der Waals surface area contributed by atoms with E-state index in [2.05, 4.69) is 27.2 Å². The van der Waals surface area contributed by atoms with Crippen molar-refractivity contribution in [3.63, 3.8) is 0 Å². The van der Waals surface area contributed by atoms with Crippen LogP contribution in [0.15, 0.2) is 54.9 Å². The van der Waals surface area contributed by atoms with Gasteiger partial charge < -0.3 is 25.3 Å². The van der Waals surface area contributed by atoms with E-state index in [1.807, 2.05) is 64.8 Å². The Labute approximate surface area is 220 Å². The van der Waals surface area contributed by atoms with Crippen molar-refractivity contribution < 1.29 is 9.53 Å². The van der Waals surface area contributed by atoms with E-state index in [9.17, 15) is 4.79 Å².